The molecule has 4 nitrogen and oxygen atoms in total. The van der Waals surface area contributed by atoms with Gasteiger partial charge in [-0.2, -0.15) is 0 Å². The zero-order valence-electron chi connectivity index (χ0n) is 19.5. The molecule has 0 aromatic heterocycles. The van der Waals surface area contributed by atoms with Crippen molar-refractivity contribution in [1.29, 1.82) is 0 Å². The fourth-order valence-corrected chi connectivity index (χ4v) is 5.23. The van der Waals surface area contributed by atoms with Crippen molar-refractivity contribution in [3.05, 3.63) is 71.3 Å². The van der Waals surface area contributed by atoms with Crippen molar-refractivity contribution in [1.82, 2.24) is 9.80 Å². The SMILES string of the molecule is Cc1ccc(C(=O)C2CCN(C(C)C(=O)N3CCC(Cc4ccccc4)CC3)CC2)cc1. The molecule has 0 aliphatic carbocycles. The summed E-state index contributed by atoms with van der Waals surface area (Å²) in [6.07, 6.45) is 4.95. The van der Waals surface area contributed by atoms with Gasteiger partial charge in [-0.1, -0.05) is 60.2 Å². The number of Topliss-reactive ketones (excluding diaryl/α,β-unsaturated/α-hetero) is 1. The molecule has 32 heavy (non-hydrogen) atoms. The van der Waals surface area contributed by atoms with E-state index in [1.165, 1.54) is 11.1 Å². The molecule has 4 heteroatoms. The Morgan fingerprint density at radius 1 is 0.875 bits per heavy atom. The quantitative estimate of drug-likeness (QED) is 0.618. The predicted octanol–water partition coefficient (Wildman–Crippen LogP) is 4.76. The Bertz CT molecular complexity index is 893. The second kappa shape index (κ2) is 10.4. The van der Waals surface area contributed by atoms with Crippen LogP contribution in [0, 0.1) is 18.8 Å². The van der Waals surface area contributed by atoms with E-state index < -0.39 is 0 Å². The van der Waals surface area contributed by atoms with Gasteiger partial charge in [0.15, 0.2) is 5.78 Å². The van der Waals surface area contributed by atoms with E-state index >= 15 is 0 Å². The number of rotatable bonds is 6. The molecule has 0 radical (unpaired) electrons. The predicted molar refractivity (Wildman–Crippen MR) is 129 cm³/mol. The van der Waals surface area contributed by atoms with Crippen LogP contribution in [0.1, 0.15) is 54.1 Å². The van der Waals surface area contributed by atoms with Gasteiger partial charge in [0, 0.05) is 24.6 Å². The van der Waals surface area contributed by atoms with Crippen molar-refractivity contribution >= 4 is 11.7 Å². The van der Waals surface area contributed by atoms with Crippen molar-refractivity contribution in [3.63, 3.8) is 0 Å². The number of ketones is 1. The Labute approximate surface area is 192 Å². The number of hydrogen-bond donors (Lipinski definition) is 0. The number of piperidine rings is 2. The molecule has 2 aromatic rings. The highest BCUT2D eigenvalue weighted by Crippen LogP contribution is 2.26. The summed E-state index contributed by atoms with van der Waals surface area (Å²) in [5, 5.41) is 0. The number of carbonyl (C=O) groups excluding carboxylic acids is 2. The van der Waals surface area contributed by atoms with Crippen LogP contribution in [-0.2, 0) is 11.2 Å². The third-order valence-corrected chi connectivity index (χ3v) is 7.43. The van der Waals surface area contributed by atoms with Crippen LogP contribution in [0.5, 0.6) is 0 Å². The lowest BCUT2D eigenvalue weighted by molar-refractivity contribution is -0.138. The van der Waals surface area contributed by atoms with Crippen molar-refractivity contribution < 1.29 is 9.59 Å². The number of amides is 1. The lowest BCUT2D eigenvalue weighted by Gasteiger charge is -2.39. The maximum Gasteiger partial charge on any atom is 0.239 e. The van der Waals surface area contributed by atoms with Gasteiger partial charge in [0.1, 0.15) is 0 Å². The lowest BCUT2D eigenvalue weighted by Crippen LogP contribution is -2.52. The fraction of sp³-hybridized carbons (Fsp3) is 0.500. The van der Waals surface area contributed by atoms with Crippen molar-refractivity contribution in [2.75, 3.05) is 26.2 Å². The van der Waals surface area contributed by atoms with Crippen LogP contribution in [0.2, 0.25) is 0 Å². The van der Waals surface area contributed by atoms with Crippen molar-refractivity contribution in [2.45, 2.75) is 52.0 Å². The van der Waals surface area contributed by atoms with Gasteiger partial charge in [-0.25, -0.2) is 0 Å². The number of aryl methyl sites for hydroxylation is 1. The summed E-state index contributed by atoms with van der Waals surface area (Å²) < 4.78 is 0. The van der Waals surface area contributed by atoms with E-state index in [0.717, 1.165) is 63.8 Å². The smallest absolute Gasteiger partial charge is 0.239 e. The summed E-state index contributed by atoms with van der Waals surface area (Å²) in [4.78, 5) is 30.3. The Morgan fingerprint density at radius 3 is 2.12 bits per heavy atom. The summed E-state index contributed by atoms with van der Waals surface area (Å²) in [5.41, 5.74) is 3.39. The Hall–Kier alpha value is -2.46. The van der Waals surface area contributed by atoms with Crippen LogP contribution in [0.4, 0.5) is 0 Å². The highest BCUT2D eigenvalue weighted by molar-refractivity contribution is 5.98. The molecule has 2 aliphatic heterocycles. The van der Waals surface area contributed by atoms with Gasteiger partial charge in [0.25, 0.3) is 0 Å². The third-order valence-electron chi connectivity index (χ3n) is 7.43. The average Bonchev–Trinajstić information content (AvgIpc) is 2.84. The minimum Gasteiger partial charge on any atom is -0.341 e. The molecule has 2 saturated heterocycles. The van der Waals surface area contributed by atoms with E-state index in [2.05, 4.69) is 40.1 Å². The summed E-state index contributed by atoms with van der Waals surface area (Å²) in [6, 6.07) is 18.5. The van der Waals surface area contributed by atoms with Crippen molar-refractivity contribution in [3.8, 4) is 0 Å². The topological polar surface area (TPSA) is 40.6 Å². The first-order chi connectivity index (χ1) is 15.5. The van der Waals surface area contributed by atoms with Crippen molar-refractivity contribution in [2.24, 2.45) is 11.8 Å². The second-order valence-electron chi connectivity index (χ2n) is 9.67. The second-order valence-corrected chi connectivity index (χ2v) is 9.67. The Kier molecular flexibility index (Phi) is 7.41. The average molecular weight is 433 g/mol. The minimum atomic E-state index is -0.101. The van der Waals surface area contributed by atoms with Gasteiger partial charge in [-0.05, 0) is 70.5 Å². The highest BCUT2D eigenvalue weighted by atomic mass is 16.2. The first-order valence-corrected chi connectivity index (χ1v) is 12.2. The molecule has 0 spiro atoms. The fourth-order valence-electron chi connectivity index (χ4n) is 5.23. The molecule has 4 rings (SSSR count). The molecule has 2 fully saturated rings. The molecule has 2 aliphatic rings. The summed E-state index contributed by atoms with van der Waals surface area (Å²) in [6.45, 7) is 7.45. The molecule has 0 bridgehead atoms. The summed E-state index contributed by atoms with van der Waals surface area (Å²) >= 11 is 0. The number of nitrogens with zero attached hydrogens (tertiary/aromatic N) is 2. The first-order valence-electron chi connectivity index (χ1n) is 12.2. The summed E-state index contributed by atoms with van der Waals surface area (Å²) in [5.74, 6) is 1.25. The normalized spacial score (nSPS) is 19.6. The molecule has 0 N–H and O–H groups in total. The zero-order chi connectivity index (χ0) is 22.5. The standard InChI is InChI=1S/C28H36N2O2/c1-21-8-10-25(11-9-21)27(31)26-14-18-29(19-15-26)22(2)28(32)30-16-12-24(13-17-30)20-23-6-4-3-5-7-23/h3-11,22,24,26H,12-20H2,1-2H3. The van der Waals surface area contributed by atoms with Crippen LogP contribution in [0.25, 0.3) is 0 Å². The number of carbonyl (C=O) groups is 2. The van der Waals surface area contributed by atoms with Crippen LogP contribution in [-0.4, -0.2) is 53.7 Å². The molecular weight excluding hydrogens is 396 g/mol. The van der Waals surface area contributed by atoms with E-state index in [1.807, 2.05) is 38.1 Å². The summed E-state index contributed by atoms with van der Waals surface area (Å²) in [7, 11) is 0. The monoisotopic (exact) mass is 432 g/mol. The molecule has 2 heterocycles. The highest BCUT2D eigenvalue weighted by Gasteiger charge is 2.33. The van der Waals surface area contributed by atoms with Gasteiger partial charge < -0.3 is 4.90 Å². The molecule has 2 aromatic carbocycles. The van der Waals surface area contributed by atoms with Gasteiger partial charge >= 0.3 is 0 Å². The van der Waals surface area contributed by atoms with E-state index in [-0.39, 0.29) is 23.7 Å². The maximum atomic E-state index is 13.1. The Balaban J connectivity index is 1.23. The minimum absolute atomic E-state index is 0.0741. The molecule has 1 amide bonds. The maximum absolute atomic E-state index is 13.1. The van der Waals surface area contributed by atoms with Gasteiger partial charge in [-0.3, -0.25) is 14.5 Å². The largest absolute Gasteiger partial charge is 0.341 e. The Morgan fingerprint density at radius 2 is 1.50 bits per heavy atom. The molecule has 1 unspecified atom stereocenters. The lowest BCUT2D eigenvalue weighted by atomic mass is 9.88. The van der Waals surface area contributed by atoms with Crippen LogP contribution < -0.4 is 0 Å². The number of hydrogen-bond acceptors (Lipinski definition) is 3. The van der Waals surface area contributed by atoms with Gasteiger partial charge in [0.05, 0.1) is 6.04 Å². The van der Waals surface area contributed by atoms with E-state index in [1.54, 1.807) is 0 Å². The third kappa shape index (κ3) is 5.47. The van der Waals surface area contributed by atoms with Crippen LogP contribution in [0.15, 0.2) is 54.6 Å². The first kappa shape index (κ1) is 22.7. The number of likely N-dealkylation sites (tertiary alicyclic amines) is 2. The van der Waals surface area contributed by atoms with E-state index in [9.17, 15) is 9.59 Å². The molecule has 1 atom stereocenters. The van der Waals surface area contributed by atoms with Gasteiger partial charge in [0.2, 0.25) is 5.91 Å². The number of benzene rings is 2. The molecular formula is C28H36N2O2. The molecule has 0 saturated carbocycles. The molecule has 170 valence electrons. The zero-order valence-corrected chi connectivity index (χ0v) is 19.5. The van der Waals surface area contributed by atoms with E-state index in [4.69, 9.17) is 0 Å². The van der Waals surface area contributed by atoms with Crippen LogP contribution >= 0.6 is 0 Å². The van der Waals surface area contributed by atoms with E-state index in [0.29, 0.717) is 5.92 Å². The van der Waals surface area contributed by atoms with Gasteiger partial charge in [-0.15, -0.1) is 0 Å². The van der Waals surface area contributed by atoms with Crippen LogP contribution in [0.3, 0.4) is 0 Å².